The fourth-order valence-corrected chi connectivity index (χ4v) is 3.24. The zero-order chi connectivity index (χ0) is 11.8. The number of rotatable bonds is 2. The van der Waals surface area contributed by atoms with E-state index in [9.17, 15) is 4.79 Å². The van der Waals surface area contributed by atoms with Gasteiger partial charge in [0.05, 0.1) is 12.1 Å². The molecule has 0 aromatic carbocycles. The standard InChI is InChI=1S/C13H20N2O2/c14-10-9-6-7-17-12(9)11(10)15-13(16)8-4-2-1-3-5-8/h1-2,8-12H,3-7,14H2,(H,15,16). The molecule has 2 fully saturated rings. The molecule has 3 N–H and O–H groups in total. The maximum atomic E-state index is 12.1. The molecule has 1 aliphatic heterocycles. The van der Waals surface area contributed by atoms with Crippen molar-refractivity contribution in [3.8, 4) is 0 Å². The predicted octanol–water partition coefficient (Wildman–Crippen LogP) is 0.573. The SMILES string of the molecule is NC1C2CCOC2C1NC(=O)C1CC=CCC1. The van der Waals surface area contributed by atoms with E-state index in [1.54, 1.807) is 0 Å². The number of hydrogen-bond acceptors (Lipinski definition) is 3. The second-order valence-corrected chi connectivity index (χ2v) is 5.38. The zero-order valence-corrected chi connectivity index (χ0v) is 9.97. The smallest absolute Gasteiger partial charge is 0.223 e. The van der Waals surface area contributed by atoms with Gasteiger partial charge in [0.25, 0.3) is 0 Å². The van der Waals surface area contributed by atoms with E-state index in [1.807, 2.05) is 0 Å². The quantitative estimate of drug-likeness (QED) is 0.689. The molecule has 1 heterocycles. The second kappa shape index (κ2) is 4.42. The first kappa shape index (κ1) is 11.2. The molecule has 0 aromatic heterocycles. The van der Waals surface area contributed by atoms with Crippen molar-refractivity contribution < 1.29 is 9.53 Å². The number of fused-ring (bicyclic) bond motifs is 1. The fourth-order valence-electron chi connectivity index (χ4n) is 3.24. The topological polar surface area (TPSA) is 64.3 Å². The number of hydrogen-bond donors (Lipinski definition) is 2. The molecule has 1 saturated carbocycles. The molecule has 3 aliphatic rings. The molecule has 2 aliphatic carbocycles. The van der Waals surface area contributed by atoms with Gasteiger partial charge in [-0.3, -0.25) is 4.79 Å². The summed E-state index contributed by atoms with van der Waals surface area (Å²) < 4.78 is 5.61. The number of amides is 1. The second-order valence-electron chi connectivity index (χ2n) is 5.38. The molecule has 0 spiro atoms. The Morgan fingerprint density at radius 3 is 3.00 bits per heavy atom. The van der Waals surface area contributed by atoms with E-state index >= 15 is 0 Å². The van der Waals surface area contributed by atoms with Gasteiger partial charge in [0, 0.05) is 24.5 Å². The summed E-state index contributed by atoms with van der Waals surface area (Å²) in [4.78, 5) is 12.1. The number of allylic oxidation sites excluding steroid dienone is 2. The summed E-state index contributed by atoms with van der Waals surface area (Å²) in [6, 6.07) is 0.131. The molecule has 0 bridgehead atoms. The normalized spacial score (nSPS) is 43.9. The average Bonchev–Trinajstić information content (AvgIpc) is 2.81. The molecular formula is C13H20N2O2. The van der Waals surface area contributed by atoms with Crippen molar-refractivity contribution in [2.24, 2.45) is 17.6 Å². The Morgan fingerprint density at radius 1 is 1.35 bits per heavy atom. The zero-order valence-electron chi connectivity index (χ0n) is 9.97. The highest BCUT2D eigenvalue weighted by molar-refractivity contribution is 5.79. The number of nitrogens with one attached hydrogen (secondary N) is 1. The summed E-state index contributed by atoms with van der Waals surface area (Å²) in [5, 5.41) is 3.08. The Balaban J connectivity index is 1.56. The Morgan fingerprint density at radius 2 is 2.24 bits per heavy atom. The molecule has 4 heteroatoms. The van der Waals surface area contributed by atoms with Crippen LogP contribution >= 0.6 is 0 Å². The van der Waals surface area contributed by atoms with Crippen molar-refractivity contribution in [2.45, 2.75) is 43.9 Å². The van der Waals surface area contributed by atoms with Gasteiger partial charge in [0.2, 0.25) is 5.91 Å². The number of nitrogens with two attached hydrogens (primary N) is 1. The fraction of sp³-hybridized carbons (Fsp3) is 0.769. The van der Waals surface area contributed by atoms with Crippen LogP contribution in [0.25, 0.3) is 0 Å². The molecule has 5 atom stereocenters. The summed E-state index contributed by atoms with van der Waals surface area (Å²) >= 11 is 0. The maximum absolute atomic E-state index is 12.1. The average molecular weight is 236 g/mol. The molecule has 17 heavy (non-hydrogen) atoms. The minimum atomic E-state index is 0.0425. The van der Waals surface area contributed by atoms with Crippen molar-refractivity contribution in [1.82, 2.24) is 5.32 Å². The summed E-state index contributed by atoms with van der Waals surface area (Å²) in [7, 11) is 0. The lowest BCUT2D eigenvalue weighted by atomic mass is 9.72. The van der Waals surface area contributed by atoms with Crippen LogP contribution in [-0.2, 0) is 9.53 Å². The van der Waals surface area contributed by atoms with Crippen molar-refractivity contribution in [1.29, 1.82) is 0 Å². The van der Waals surface area contributed by atoms with Crippen LogP contribution in [0.15, 0.2) is 12.2 Å². The van der Waals surface area contributed by atoms with E-state index in [-0.39, 0.29) is 30.0 Å². The highest BCUT2D eigenvalue weighted by Gasteiger charge is 2.52. The van der Waals surface area contributed by atoms with Gasteiger partial charge >= 0.3 is 0 Å². The Labute approximate surface area is 102 Å². The van der Waals surface area contributed by atoms with Gasteiger partial charge in [-0.15, -0.1) is 0 Å². The molecule has 1 amide bonds. The number of ether oxygens (including phenoxy) is 1. The van der Waals surface area contributed by atoms with Gasteiger partial charge in [-0.1, -0.05) is 12.2 Å². The minimum Gasteiger partial charge on any atom is -0.376 e. The first-order valence-electron chi connectivity index (χ1n) is 6.60. The van der Waals surface area contributed by atoms with Crippen LogP contribution in [0.5, 0.6) is 0 Å². The largest absolute Gasteiger partial charge is 0.376 e. The summed E-state index contributed by atoms with van der Waals surface area (Å²) in [6.07, 6.45) is 8.30. The van der Waals surface area contributed by atoms with Gasteiger partial charge < -0.3 is 15.8 Å². The molecule has 4 nitrogen and oxygen atoms in total. The van der Waals surface area contributed by atoms with Crippen LogP contribution < -0.4 is 11.1 Å². The van der Waals surface area contributed by atoms with Crippen molar-refractivity contribution >= 4 is 5.91 Å². The van der Waals surface area contributed by atoms with E-state index in [0.717, 1.165) is 32.3 Å². The molecule has 1 saturated heterocycles. The van der Waals surface area contributed by atoms with Gasteiger partial charge in [-0.05, 0) is 25.7 Å². The third kappa shape index (κ3) is 1.89. The van der Waals surface area contributed by atoms with Crippen LogP contribution in [0.2, 0.25) is 0 Å². The monoisotopic (exact) mass is 236 g/mol. The number of carbonyl (C=O) groups excluding carboxylic acids is 1. The minimum absolute atomic E-state index is 0.0425. The summed E-state index contributed by atoms with van der Waals surface area (Å²) in [5.41, 5.74) is 6.08. The molecule has 0 aromatic rings. The highest BCUT2D eigenvalue weighted by Crippen LogP contribution is 2.38. The van der Waals surface area contributed by atoms with Crippen molar-refractivity contribution in [2.75, 3.05) is 6.61 Å². The Bertz CT molecular complexity index is 342. The number of carbonyl (C=O) groups is 1. The summed E-state index contributed by atoms with van der Waals surface area (Å²) in [6.45, 7) is 0.793. The highest BCUT2D eigenvalue weighted by atomic mass is 16.5. The van der Waals surface area contributed by atoms with Crippen LogP contribution in [0, 0.1) is 11.8 Å². The van der Waals surface area contributed by atoms with Crippen LogP contribution in [0.4, 0.5) is 0 Å². The van der Waals surface area contributed by atoms with Crippen LogP contribution in [0.1, 0.15) is 25.7 Å². The maximum Gasteiger partial charge on any atom is 0.223 e. The van der Waals surface area contributed by atoms with E-state index in [2.05, 4.69) is 17.5 Å². The van der Waals surface area contributed by atoms with Gasteiger partial charge in [0.1, 0.15) is 0 Å². The van der Waals surface area contributed by atoms with Crippen molar-refractivity contribution in [3.05, 3.63) is 12.2 Å². The first-order chi connectivity index (χ1) is 8.27. The third-order valence-corrected chi connectivity index (χ3v) is 4.40. The molecule has 0 radical (unpaired) electrons. The van der Waals surface area contributed by atoms with E-state index in [0.29, 0.717) is 5.92 Å². The molecular weight excluding hydrogens is 216 g/mol. The lowest BCUT2D eigenvalue weighted by Gasteiger charge is -2.46. The van der Waals surface area contributed by atoms with Crippen molar-refractivity contribution in [3.63, 3.8) is 0 Å². The van der Waals surface area contributed by atoms with Crippen LogP contribution in [0.3, 0.4) is 0 Å². The molecule has 94 valence electrons. The lowest BCUT2D eigenvalue weighted by Crippen LogP contribution is -2.69. The lowest BCUT2D eigenvalue weighted by molar-refractivity contribution is -0.129. The Hall–Kier alpha value is -0.870. The van der Waals surface area contributed by atoms with Gasteiger partial charge in [-0.25, -0.2) is 0 Å². The van der Waals surface area contributed by atoms with Gasteiger partial charge in [0.15, 0.2) is 0 Å². The Kier molecular flexibility index (Phi) is 2.92. The van der Waals surface area contributed by atoms with E-state index < -0.39 is 0 Å². The first-order valence-corrected chi connectivity index (χ1v) is 6.60. The predicted molar refractivity (Wildman–Crippen MR) is 64.2 cm³/mol. The van der Waals surface area contributed by atoms with E-state index in [1.165, 1.54) is 0 Å². The summed E-state index contributed by atoms with van der Waals surface area (Å²) in [5.74, 6) is 0.753. The van der Waals surface area contributed by atoms with Gasteiger partial charge in [-0.2, -0.15) is 0 Å². The van der Waals surface area contributed by atoms with E-state index in [4.69, 9.17) is 10.5 Å². The molecule has 3 rings (SSSR count). The molecule has 5 unspecified atom stereocenters. The third-order valence-electron chi connectivity index (χ3n) is 4.40. The van der Waals surface area contributed by atoms with Crippen LogP contribution in [-0.4, -0.2) is 30.7 Å².